The first kappa shape index (κ1) is 12.5. The highest BCUT2D eigenvalue weighted by atomic mass is 16.1. The number of hydrogen-bond donors (Lipinski definition) is 1. The van der Waals surface area contributed by atoms with Crippen molar-refractivity contribution in [3.63, 3.8) is 0 Å². The Labute approximate surface area is 82.1 Å². The van der Waals surface area contributed by atoms with Crippen molar-refractivity contribution in [2.24, 2.45) is 5.92 Å². The van der Waals surface area contributed by atoms with Crippen LogP contribution in [0.3, 0.4) is 0 Å². The third-order valence-corrected chi connectivity index (χ3v) is 2.15. The molecule has 78 valence electrons. The van der Waals surface area contributed by atoms with Crippen molar-refractivity contribution in [1.82, 2.24) is 5.32 Å². The summed E-state index contributed by atoms with van der Waals surface area (Å²) in [4.78, 5) is 11.2. The van der Waals surface area contributed by atoms with Crippen LogP contribution in [0.2, 0.25) is 0 Å². The Morgan fingerprint density at radius 1 is 1.38 bits per heavy atom. The molecular weight excluding hydrogens is 162 g/mol. The van der Waals surface area contributed by atoms with E-state index in [9.17, 15) is 4.79 Å². The second-order valence-corrected chi connectivity index (χ2v) is 4.72. The minimum absolute atomic E-state index is 0.0443. The van der Waals surface area contributed by atoms with Crippen molar-refractivity contribution < 1.29 is 4.79 Å². The molecule has 0 saturated carbocycles. The van der Waals surface area contributed by atoms with Gasteiger partial charge >= 0.3 is 0 Å². The second kappa shape index (κ2) is 5.25. The van der Waals surface area contributed by atoms with Crippen molar-refractivity contribution in [2.45, 2.75) is 59.4 Å². The fourth-order valence-corrected chi connectivity index (χ4v) is 1.18. The third-order valence-electron chi connectivity index (χ3n) is 2.15. The molecule has 0 aromatic carbocycles. The Morgan fingerprint density at radius 2 is 1.92 bits per heavy atom. The van der Waals surface area contributed by atoms with Gasteiger partial charge in [-0.15, -0.1) is 0 Å². The van der Waals surface area contributed by atoms with Gasteiger partial charge in [0.2, 0.25) is 5.91 Å². The number of nitrogens with one attached hydrogen (secondary N) is 1. The molecule has 1 N–H and O–H groups in total. The molecule has 0 radical (unpaired) electrons. The molecule has 0 unspecified atom stereocenters. The van der Waals surface area contributed by atoms with Crippen molar-refractivity contribution >= 4 is 5.91 Å². The standard InChI is InChI=1S/C11H23NO/c1-6-10(13)12-11(4,5)8-7-9(2)3/h9H,6-8H2,1-5H3,(H,12,13). The van der Waals surface area contributed by atoms with Crippen molar-refractivity contribution in [2.75, 3.05) is 0 Å². The highest BCUT2D eigenvalue weighted by molar-refractivity contribution is 5.76. The zero-order valence-corrected chi connectivity index (χ0v) is 9.61. The molecule has 0 rings (SSSR count). The Balaban J connectivity index is 3.86. The van der Waals surface area contributed by atoms with E-state index in [0.29, 0.717) is 12.3 Å². The average molecular weight is 185 g/mol. The van der Waals surface area contributed by atoms with Crippen LogP contribution >= 0.6 is 0 Å². The fourth-order valence-electron chi connectivity index (χ4n) is 1.18. The van der Waals surface area contributed by atoms with E-state index in [1.807, 2.05) is 6.92 Å². The lowest BCUT2D eigenvalue weighted by molar-refractivity contribution is -0.122. The molecule has 0 aromatic heterocycles. The van der Waals surface area contributed by atoms with Crippen LogP contribution in [0.4, 0.5) is 0 Å². The van der Waals surface area contributed by atoms with E-state index in [4.69, 9.17) is 0 Å². The molecular formula is C11H23NO. The average Bonchev–Trinajstić information content (AvgIpc) is 2.00. The maximum atomic E-state index is 11.2. The summed E-state index contributed by atoms with van der Waals surface area (Å²) in [6.45, 7) is 10.5. The van der Waals surface area contributed by atoms with Gasteiger partial charge in [0.05, 0.1) is 0 Å². The highest BCUT2D eigenvalue weighted by Gasteiger charge is 2.19. The zero-order chi connectivity index (χ0) is 10.5. The van der Waals surface area contributed by atoms with Gasteiger partial charge in [-0.2, -0.15) is 0 Å². The van der Waals surface area contributed by atoms with E-state index in [1.165, 1.54) is 0 Å². The summed E-state index contributed by atoms with van der Waals surface area (Å²) in [6, 6.07) is 0. The smallest absolute Gasteiger partial charge is 0.220 e. The number of carbonyl (C=O) groups excluding carboxylic acids is 1. The fraction of sp³-hybridized carbons (Fsp3) is 0.909. The van der Waals surface area contributed by atoms with E-state index >= 15 is 0 Å². The van der Waals surface area contributed by atoms with Gasteiger partial charge < -0.3 is 5.32 Å². The number of amides is 1. The van der Waals surface area contributed by atoms with Crippen molar-refractivity contribution in [3.8, 4) is 0 Å². The van der Waals surface area contributed by atoms with Crippen LogP contribution in [0.25, 0.3) is 0 Å². The lowest BCUT2D eigenvalue weighted by Crippen LogP contribution is -2.43. The maximum Gasteiger partial charge on any atom is 0.220 e. The second-order valence-electron chi connectivity index (χ2n) is 4.72. The number of rotatable bonds is 5. The van der Waals surface area contributed by atoms with Crippen LogP contribution in [-0.4, -0.2) is 11.4 Å². The molecule has 0 spiro atoms. The van der Waals surface area contributed by atoms with E-state index < -0.39 is 0 Å². The largest absolute Gasteiger partial charge is 0.351 e. The molecule has 13 heavy (non-hydrogen) atoms. The summed E-state index contributed by atoms with van der Waals surface area (Å²) in [7, 11) is 0. The predicted octanol–water partition coefficient (Wildman–Crippen LogP) is 2.73. The van der Waals surface area contributed by atoms with Gasteiger partial charge in [-0.25, -0.2) is 0 Å². The van der Waals surface area contributed by atoms with Crippen molar-refractivity contribution in [1.29, 1.82) is 0 Å². The van der Waals surface area contributed by atoms with Gasteiger partial charge in [-0.3, -0.25) is 4.79 Å². The lowest BCUT2D eigenvalue weighted by atomic mass is 9.94. The summed E-state index contributed by atoms with van der Waals surface area (Å²) < 4.78 is 0. The van der Waals surface area contributed by atoms with Crippen molar-refractivity contribution in [3.05, 3.63) is 0 Å². The molecule has 0 aliphatic rings. The topological polar surface area (TPSA) is 29.1 Å². The highest BCUT2D eigenvalue weighted by Crippen LogP contribution is 2.15. The van der Waals surface area contributed by atoms with E-state index in [2.05, 4.69) is 33.0 Å². The van der Waals surface area contributed by atoms with Crippen LogP contribution in [0.15, 0.2) is 0 Å². The molecule has 0 saturated heterocycles. The van der Waals surface area contributed by atoms with Gasteiger partial charge in [0.15, 0.2) is 0 Å². The quantitative estimate of drug-likeness (QED) is 0.701. The molecule has 1 amide bonds. The van der Waals surface area contributed by atoms with E-state index in [1.54, 1.807) is 0 Å². The molecule has 2 nitrogen and oxygen atoms in total. The molecule has 0 aliphatic carbocycles. The maximum absolute atomic E-state index is 11.2. The predicted molar refractivity (Wildman–Crippen MR) is 56.6 cm³/mol. The molecule has 0 heterocycles. The number of hydrogen-bond acceptors (Lipinski definition) is 1. The van der Waals surface area contributed by atoms with Crippen LogP contribution < -0.4 is 5.32 Å². The van der Waals surface area contributed by atoms with Crippen LogP contribution in [0.5, 0.6) is 0 Å². The first-order valence-electron chi connectivity index (χ1n) is 5.18. The zero-order valence-electron chi connectivity index (χ0n) is 9.61. The Hall–Kier alpha value is -0.530. The minimum atomic E-state index is -0.0443. The Kier molecular flexibility index (Phi) is 5.04. The van der Waals surface area contributed by atoms with E-state index in [-0.39, 0.29) is 11.4 Å². The monoisotopic (exact) mass is 185 g/mol. The number of carbonyl (C=O) groups is 1. The SMILES string of the molecule is CCC(=O)NC(C)(C)CCC(C)C. The van der Waals surface area contributed by atoms with Crippen LogP contribution in [0.1, 0.15) is 53.9 Å². The Bertz CT molecular complexity index is 161. The first-order valence-corrected chi connectivity index (χ1v) is 5.18. The van der Waals surface area contributed by atoms with Gasteiger partial charge in [0.25, 0.3) is 0 Å². The summed E-state index contributed by atoms with van der Waals surface area (Å²) in [5.74, 6) is 0.853. The molecule has 0 fully saturated rings. The van der Waals surface area contributed by atoms with E-state index in [0.717, 1.165) is 12.8 Å². The molecule has 0 bridgehead atoms. The summed E-state index contributed by atoms with van der Waals surface area (Å²) in [6.07, 6.45) is 2.79. The van der Waals surface area contributed by atoms with Gasteiger partial charge in [-0.1, -0.05) is 20.8 Å². The van der Waals surface area contributed by atoms with Crippen LogP contribution in [-0.2, 0) is 4.79 Å². The summed E-state index contributed by atoms with van der Waals surface area (Å²) >= 11 is 0. The molecule has 0 atom stereocenters. The molecule has 0 aliphatic heterocycles. The van der Waals surface area contributed by atoms with Crippen LogP contribution in [0, 0.1) is 5.92 Å². The normalized spacial score (nSPS) is 11.8. The van der Waals surface area contributed by atoms with Gasteiger partial charge in [0, 0.05) is 12.0 Å². The summed E-state index contributed by atoms with van der Waals surface area (Å²) in [5.41, 5.74) is -0.0443. The van der Waals surface area contributed by atoms with Gasteiger partial charge in [-0.05, 0) is 32.6 Å². The first-order chi connectivity index (χ1) is 5.87. The molecule has 0 aromatic rings. The lowest BCUT2D eigenvalue weighted by Gasteiger charge is -2.26. The van der Waals surface area contributed by atoms with Gasteiger partial charge in [0.1, 0.15) is 0 Å². The minimum Gasteiger partial charge on any atom is -0.351 e. The Morgan fingerprint density at radius 3 is 2.31 bits per heavy atom. The third kappa shape index (κ3) is 6.62. The summed E-state index contributed by atoms with van der Waals surface area (Å²) in [5, 5.41) is 3.02. The molecule has 2 heteroatoms.